The summed E-state index contributed by atoms with van der Waals surface area (Å²) in [5, 5.41) is 49.3. The minimum Gasteiger partial charge on any atom is -0.396 e. The van der Waals surface area contributed by atoms with Gasteiger partial charge in [0.05, 0.1) is 66.8 Å². The number of nitrogens with two attached hydrogens (primary N) is 2. The van der Waals surface area contributed by atoms with Crippen LogP contribution >= 0.6 is 0 Å². The molecule has 4 aromatic heterocycles. The van der Waals surface area contributed by atoms with E-state index in [9.17, 15) is 20.4 Å². The van der Waals surface area contributed by atoms with Crippen LogP contribution in [0.15, 0.2) is 48.9 Å². The summed E-state index contributed by atoms with van der Waals surface area (Å²) in [6.45, 7) is -0.203. The zero-order valence-electron chi connectivity index (χ0n) is 18.6. The average Bonchev–Trinajstić information content (AvgIpc) is 3.41. The molecule has 0 aromatic carbocycles. The van der Waals surface area contributed by atoms with Crippen LogP contribution in [-0.4, -0.2) is 91.3 Å². The number of aromatic nitrogens is 4. The molecule has 0 spiro atoms. The highest BCUT2D eigenvalue weighted by Gasteiger charge is 2.29. The van der Waals surface area contributed by atoms with Crippen molar-refractivity contribution < 1.29 is 20.4 Å². The highest BCUT2D eigenvalue weighted by molar-refractivity contribution is 5.73. The summed E-state index contributed by atoms with van der Waals surface area (Å²) in [5.74, 6) is 0.573. The maximum atomic E-state index is 11.2. The maximum absolute atomic E-state index is 11.2. The van der Waals surface area contributed by atoms with Crippen LogP contribution in [0.25, 0.3) is 11.0 Å². The van der Waals surface area contributed by atoms with E-state index in [-0.39, 0.29) is 39.5 Å². The van der Waals surface area contributed by atoms with Gasteiger partial charge in [-0.1, -0.05) is 6.07 Å². The van der Waals surface area contributed by atoms with Gasteiger partial charge in [0, 0.05) is 31.5 Å². The first kappa shape index (κ1) is 23.6. The molecule has 12 nitrogen and oxygen atoms in total. The standard InChI is InChI=1S/C22H30N8O4/c23-16-12-26-30-18(16)2-1-3-22(30)28(7-9-32)20(14-33)21(34)13-27(6-8-31)15-4-5-29-19(10-15)17(24)11-25-29/h1-5,10-12,20-21,31-34H,6-9,13-14,23-24H2. The molecule has 0 amide bonds. The lowest BCUT2D eigenvalue weighted by atomic mass is 10.1. The van der Waals surface area contributed by atoms with Crippen LogP contribution in [0.3, 0.4) is 0 Å². The summed E-state index contributed by atoms with van der Waals surface area (Å²) in [6.07, 6.45) is 3.79. The van der Waals surface area contributed by atoms with E-state index in [1.807, 2.05) is 23.1 Å². The lowest BCUT2D eigenvalue weighted by molar-refractivity contribution is 0.105. The Balaban J connectivity index is 1.64. The minimum atomic E-state index is -1.05. The summed E-state index contributed by atoms with van der Waals surface area (Å²) in [6, 6.07) is 8.28. The summed E-state index contributed by atoms with van der Waals surface area (Å²) in [4.78, 5) is 3.52. The zero-order valence-corrected chi connectivity index (χ0v) is 18.6. The van der Waals surface area contributed by atoms with Gasteiger partial charge >= 0.3 is 0 Å². The Hall–Kier alpha value is -3.58. The first-order valence-electron chi connectivity index (χ1n) is 11.0. The Labute approximate surface area is 195 Å². The van der Waals surface area contributed by atoms with Crippen LogP contribution in [0, 0.1) is 0 Å². The average molecular weight is 471 g/mol. The lowest BCUT2D eigenvalue weighted by Gasteiger charge is -2.37. The molecule has 2 atom stereocenters. The molecule has 0 radical (unpaired) electrons. The number of hydrogen-bond donors (Lipinski definition) is 6. The number of pyridine rings is 2. The molecule has 4 rings (SSSR count). The van der Waals surface area contributed by atoms with Crippen molar-refractivity contribution in [3.63, 3.8) is 0 Å². The number of aliphatic hydroxyl groups is 4. The molecule has 2 unspecified atom stereocenters. The second-order valence-electron chi connectivity index (χ2n) is 8.00. The molecule has 0 fully saturated rings. The van der Waals surface area contributed by atoms with E-state index in [2.05, 4.69) is 10.2 Å². The van der Waals surface area contributed by atoms with Crippen molar-refractivity contribution in [3.05, 3.63) is 48.9 Å². The van der Waals surface area contributed by atoms with Gasteiger partial charge in [-0.25, -0.2) is 9.03 Å². The summed E-state index contributed by atoms with van der Waals surface area (Å²) in [5.41, 5.74) is 15.1. The number of rotatable bonds is 11. The predicted molar refractivity (Wildman–Crippen MR) is 130 cm³/mol. The molecular formula is C22H30N8O4. The first-order valence-corrected chi connectivity index (χ1v) is 11.0. The molecule has 0 bridgehead atoms. The van der Waals surface area contributed by atoms with Crippen molar-refractivity contribution in [1.29, 1.82) is 0 Å². The van der Waals surface area contributed by atoms with E-state index < -0.39 is 12.1 Å². The van der Waals surface area contributed by atoms with Gasteiger partial charge in [-0.15, -0.1) is 0 Å². The van der Waals surface area contributed by atoms with E-state index in [0.29, 0.717) is 28.2 Å². The summed E-state index contributed by atoms with van der Waals surface area (Å²) < 4.78 is 3.25. The van der Waals surface area contributed by atoms with Crippen LogP contribution in [0.5, 0.6) is 0 Å². The maximum Gasteiger partial charge on any atom is 0.131 e. The third kappa shape index (κ3) is 4.43. The van der Waals surface area contributed by atoms with E-state index in [1.54, 1.807) is 38.5 Å². The number of nitrogen functional groups attached to an aromatic ring is 2. The van der Waals surface area contributed by atoms with Gasteiger partial charge in [0.2, 0.25) is 0 Å². The Morgan fingerprint density at radius 3 is 2.41 bits per heavy atom. The van der Waals surface area contributed by atoms with Crippen LogP contribution < -0.4 is 21.3 Å². The first-order chi connectivity index (χ1) is 16.5. The molecule has 4 aromatic rings. The second kappa shape index (κ2) is 10.1. The molecule has 8 N–H and O–H groups in total. The van der Waals surface area contributed by atoms with E-state index in [4.69, 9.17) is 11.5 Å². The second-order valence-corrected chi connectivity index (χ2v) is 8.00. The Morgan fingerprint density at radius 2 is 1.68 bits per heavy atom. The Bertz CT molecular complexity index is 1240. The van der Waals surface area contributed by atoms with Crippen molar-refractivity contribution >= 4 is 33.9 Å². The van der Waals surface area contributed by atoms with E-state index >= 15 is 0 Å². The fourth-order valence-electron chi connectivity index (χ4n) is 4.20. The monoisotopic (exact) mass is 470 g/mol. The molecule has 182 valence electrons. The molecule has 4 heterocycles. The van der Waals surface area contributed by atoms with Gasteiger partial charge in [0.25, 0.3) is 0 Å². The molecule has 0 aliphatic carbocycles. The Morgan fingerprint density at radius 1 is 0.941 bits per heavy atom. The van der Waals surface area contributed by atoms with Crippen LogP contribution in [0.4, 0.5) is 22.9 Å². The fourth-order valence-corrected chi connectivity index (χ4v) is 4.20. The van der Waals surface area contributed by atoms with Gasteiger partial charge in [-0.2, -0.15) is 10.2 Å². The third-order valence-electron chi connectivity index (χ3n) is 5.90. The zero-order chi connectivity index (χ0) is 24.2. The van der Waals surface area contributed by atoms with Gasteiger partial charge in [-0.3, -0.25) is 0 Å². The van der Waals surface area contributed by atoms with E-state index in [0.717, 1.165) is 5.69 Å². The van der Waals surface area contributed by atoms with Crippen LogP contribution in [-0.2, 0) is 0 Å². The van der Waals surface area contributed by atoms with Gasteiger partial charge < -0.3 is 41.7 Å². The van der Waals surface area contributed by atoms with Gasteiger partial charge in [-0.05, 0) is 24.3 Å². The molecule has 34 heavy (non-hydrogen) atoms. The van der Waals surface area contributed by atoms with Gasteiger partial charge in [0.15, 0.2) is 0 Å². The minimum absolute atomic E-state index is 0.106. The number of aliphatic hydroxyl groups excluding tert-OH is 4. The highest BCUT2D eigenvalue weighted by atomic mass is 16.3. The van der Waals surface area contributed by atoms with Gasteiger partial charge in [0.1, 0.15) is 5.82 Å². The van der Waals surface area contributed by atoms with Crippen molar-refractivity contribution in [2.24, 2.45) is 0 Å². The smallest absolute Gasteiger partial charge is 0.131 e. The number of fused-ring (bicyclic) bond motifs is 2. The van der Waals surface area contributed by atoms with E-state index in [1.165, 1.54) is 6.20 Å². The molecular weight excluding hydrogens is 440 g/mol. The SMILES string of the molecule is Nc1cnn2ccc(N(CCO)CC(O)C(CO)N(CCO)c3cccc4c(N)cnn34)cc12. The molecule has 0 saturated carbocycles. The van der Waals surface area contributed by atoms with Crippen LogP contribution in [0.2, 0.25) is 0 Å². The summed E-state index contributed by atoms with van der Waals surface area (Å²) in [7, 11) is 0. The number of nitrogens with zero attached hydrogens (tertiary/aromatic N) is 6. The molecule has 0 saturated heterocycles. The van der Waals surface area contributed by atoms with Crippen molar-refractivity contribution in [1.82, 2.24) is 19.2 Å². The number of hydrogen-bond acceptors (Lipinski definition) is 10. The fraction of sp³-hybridized carbons (Fsp3) is 0.364. The topological polar surface area (TPSA) is 174 Å². The summed E-state index contributed by atoms with van der Waals surface area (Å²) >= 11 is 0. The normalized spacial score (nSPS) is 13.4. The van der Waals surface area contributed by atoms with Crippen molar-refractivity contribution in [3.8, 4) is 0 Å². The quantitative estimate of drug-likeness (QED) is 0.162. The Kier molecular flexibility index (Phi) is 7.03. The van der Waals surface area contributed by atoms with Crippen molar-refractivity contribution in [2.75, 3.05) is 60.7 Å². The number of anilines is 4. The van der Waals surface area contributed by atoms with Crippen molar-refractivity contribution in [2.45, 2.75) is 12.1 Å². The predicted octanol–water partition coefficient (Wildman–Crippen LogP) is -0.834. The molecule has 0 aliphatic rings. The lowest BCUT2D eigenvalue weighted by Crippen LogP contribution is -2.52. The molecule has 12 heteroatoms. The third-order valence-corrected chi connectivity index (χ3v) is 5.90. The largest absolute Gasteiger partial charge is 0.396 e. The van der Waals surface area contributed by atoms with Crippen LogP contribution in [0.1, 0.15) is 0 Å². The molecule has 0 aliphatic heterocycles. The highest BCUT2D eigenvalue weighted by Crippen LogP contribution is 2.25.